The second-order valence-electron chi connectivity index (χ2n) is 4.89. The number of nitrogen functional groups attached to an aromatic ring is 1. The van der Waals surface area contributed by atoms with E-state index in [4.69, 9.17) is 10.3 Å². The van der Waals surface area contributed by atoms with Gasteiger partial charge in [-0.1, -0.05) is 19.0 Å². The van der Waals surface area contributed by atoms with Crippen LogP contribution in [-0.4, -0.2) is 10.1 Å². The molecule has 7 heteroatoms. The number of nitro benzene ring substituents is 1. The molecule has 2 rings (SSSR count). The smallest absolute Gasteiger partial charge is 0.272 e. The van der Waals surface area contributed by atoms with Crippen molar-refractivity contribution in [2.45, 2.75) is 20.3 Å². The molecule has 0 aliphatic rings. The predicted octanol–water partition coefficient (Wildman–Crippen LogP) is 3.17. The summed E-state index contributed by atoms with van der Waals surface area (Å²) in [5.74, 6) is -0.291. The molecule has 0 atom stereocenters. The molecule has 0 fully saturated rings. The summed E-state index contributed by atoms with van der Waals surface area (Å²) in [6, 6.07) is 3.40. The molecule has 0 aliphatic carbocycles. The number of benzene rings is 1. The van der Waals surface area contributed by atoms with Gasteiger partial charge in [-0.15, -0.1) is 0 Å². The van der Waals surface area contributed by atoms with E-state index in [-0.39, 0.29) is 23.1 Å². The van der Waals surface area contributed by atoms with E-state index >= 15 is 0 Å². The van der Waals surface area contributed by atoms with Crippen molar-refractivity contribution in [2.24, 2.45) is 5.92 Å². The van der Waals surface area contributed by atoms with E-state index in [1.807, 2.05) is 13.8 Å². The maximum absolute atomic E-state index is 14.0. The van der Waals surface area contributed by atoms with Gasteiger partial charge in [0.25, 0.3) is 5.69 Å². The molecule has 0 spiro atoms. The second kappa shape index (κ2) is 5.28. The first-order valence-corrected chi connectivity index (χ1v) is 6.08. The molecule has 0 saturated heterocycles. The highest BCUT2D eigenvalue weighted by atomic mass is 19.1. The summed E-state index contributed by atoms with van der Waals surface area (Å²) in [6.45, 7) is 3.98. The van der Waals surface area contributed by atoms with Crippen LogP contribution in [0, 0.1) is 21.8 Å². The van der Waals surface area contributed by atoms with Crippen LogP contribution in [-0.2, 0) is 6.42 Å². The standard InChI is InChI=1S/C13H14FN3O3/c1-7(2)5-10-12(16-20-13(10)15)9-4-3-8(17(18)19)6-11(9)14/h3-4,6-7H,5,15H2,1-2H3. The third-order valence-corrected chi connectivity index (χ3v) is 2.85. The van der Waals surface area contributed by atoms with Gasteiger partial charge in [0.2, 0.25) is 5.88 Å². The molecule has 0 aliphatic heterocycles. The molecule has 106 valence electrons. The number of anilines is 1. The topological polar surface area (TPSA) is 95.2 Å². The van der Waals surface area contributed by atoms with Gasteiger partial charge in [0.05, 0.1) is 11.0 Å². The predicted molar refractivity (Wildman–Crippen MR) is 71.5 cm³/mol. The van der Waals surface area contributed by atoms with E-state index in [2.05, 4.69) is 5.16 Å². The van der Waals surface area contributed by atoms with Crippen LogP contribution in [0.25, 0.3) is 11.3 Å². The van der Waals surface area contributed by atoms with Gasteiger partial charge in [-0.25, -0.2) is 4.39 Å². The van der Waals surface area contributed by atoms with Crippen LogP contribution in [0.15, 0.2) is 22.7 Å². The molecular weight excluding hydrogens is 265 g/mol. The minimum Gasteiger partial charge on any atom is -0.367 e. The van der Waals surface area contributed by atoms with Gasteiger partial charge in [-0.3, -0.25) is 10.1 Å². The first kappa shape index (κ1) is 14.0. The lowest BCUT2D eigenvalue weighted by Crippen LogP contribution is -1.99. The van der Waals surface area contributed by atoms with Crippen molar-refractivity contribution in [1.29, 1.82) is 0 Å². The van der Waals surface area contributed by atoms with E-state index < -0.39 is 10.7 Å². The fraction of sp³-hybridized carbons (Fsp3) is 0.308. The first-order chi connectivity index (χ1) is 9.40. The Labute approximate surface area is 114 Å². The summed E-state index contributed by atoms with van der Waals surface area (Å²) in [4.78, 5) is 9.95. The lowest BCUT2D eigenvalue weighted by Gasteiger charge is -2.06. The molecule has 1 heterocycles. The van der Waals surface area contributed by atoms with Crippen molar-refractivity contribution in [2.75, 3.05) is 5.73 Å². The van der Waals surface area contributed by atoms with Crippen molar-refractivity contribution >= 4 is 11.6 Å². The first-order valence-electron chi connectivity index (χ1n) is 6.08. The van der Waals surface area contributed by atoms with E-state index in [0.717, 1.165) is 6.07 Å². The lowest BCUT2D eigenvalue weighted by atomic mass is 9.99. The Bertz CT molecular complexity index is 652. The normalized spacial score (nSPS) is 11.0. The van der Waals surface area contributed by atoms with Crippen molar-refractivity contribution in [3.63, 3.8) is 0 Å². The van der Waals surface area contributed by atoms with E-state index in [0.29, 0.717) is 17.7 Å². The number of non-ortho nitro benzene ring substituents is 1. The second-order valence-corrected chi connectivity index (χ2v) is 4.89. The molecule has 0 saturated carbocycles. The molecule has 0 bridgehead atoms. The van der Waals surface area contributed by atoms with E-state index in [1.165, 1.54) is 12.1 Å². The molecule has 0 radical (unpaired) electrons. The Balaban J connectivity index is 2.49. The number of halogens is 1. The maximum Gasteiger partial charge on any atom is 0.272 e. The number of hydrogen-bond acceptors (Lipinski definition) is 5. The average Bonchev–Trinajstić information content (AvgIpc) is 2.70. The zero-order chi connectivity index (χ0) is 14.9. The Kier molecular flexibility index (Phi) is 3.69. The number of aromatic nitrogens is 1. The number of hydrogen-bond donors (Lipinski definition) is 1. The van der Waals surface area contributed by atoms with Crippen LogP contribution in [0.3, 0.4) is 0 Å². The Morgan fingerprint density at radius 2 is 2.20 bits per heavy atom. The fourth-order valence-electron chi connectivity index (χ4n) is 1.95. The van der Waals surface area contributed by atoms with Crippen LogP contribution in [0.5, 0.6) is 0 Å². The number of rotatable bonds is 4. The maximum atomic E-state index is 14.0. The Morgan fingerprint density at radius 1 is 1.50 bits per heavy atom. The summed E-state index contributed by atoms with van der Waals surface area (Å²) in [6.07, 6.45) is 0.584. The van der Waals surface area contributed by atoms with Gasteiger partial charge in [-0.05, 0) is 18.4 Å². The summed E-state index contributed by atoms with van der Waals surface area (Å²) in [5.41, 5.74) is 6.44. The van der Waals surface area contributed by atoms with Crippen LogP contribution >= 0.6 is 0 Å². The van der Waals surface area contributed by atoms with Crippen LogP contribution < -0.4 is 5.73 Å². The SMILES string of the molecule is CC(C)Cc1c(-c2ccc([N+](=O)[O-])cc2F)noc1N. The lowest BCUT2D eigenvalue weighted by molar-refractivity contribution is -0.385. The van der Waals surface area contributed by atoms with Crippen molar-refractivity contribution in [3.8, 4) is 11.3 Å². The molecular formula is C13H14FN3O3. The third-order valence-electron chi connectivity index (χ3n) is 2.85. The number of nitro groups is 1. The largest absolute Gasteiger partial charge is 0.367 e. The van der Waals surface area contributed by atoms with Crippen molar-refractivity contribution < 1.29 is 13.8 Å². The highest BCUT2D eigenvalue weighted by molar-refractivity contribution is 5.68. The summed E-state index contributed by atoms with van der Waals surface area (Å²) in [5, 5.41) is 14.4. The van der Waals surface area contributed by atoms with Gasteiger partial charge >= 0.3 is 0 Å². The van der Waals surface area contributed by atoms with Gasteiger partial charge in [-0.2, -0.15) is 0 Å². The summed E-state index contributed by atoms with van der Waals surface area (Å²) >= 11 is 0. The zero-order valence-electron chi connectivity index (χ0n) is 11.1. The van der Waals surface area contributed by atoms with Crippen LogP contribution in [0.1, 0.15) is 19.4 Å². The number of nitrogens with two attached hydrogens (primary N) is 1. The molecule has 1 aromatic heterocycles. The minimum absolute atomic E-state index is 0.145. The van der Waals surface area contributed by atoms with Crippen molar-refractivity contribution in [1.82, 2.24) is 5.16 Å². The molecule has 6 nitrogen and oxygen atoms in total. The van der Waals surface area contributed by atoms with Crippen LogP contribution in [0.4, 0.5) is 16.0 Å². The molecule has 0 amide bonds. The molecule has 2 N–H and O–H groups in total. The highest BCUT2D eigenvalue weighted by Gasteiger charge is 2.21. The Hall–Kier alpha value is -2.44. The molecule has 1 aromatic carbocycles. The van der Waals surface area contributed by atoms with Gasteiger partial charge in [0.1, 0.15) is 11.5 Å². The minimum atomic E-state index is -0.725. The highest BCUT2D eigenvalue weighted by Crippen LogP contribution is 2.32. The van der Waals surface area contributed by atoms with E-state index in [9.17, 15) is 14.5 Å². The quantitative estimate of drug-likeness (QED) is 0.685. The van der Waals surface area contributed by atoms with Gasteiger partial charge in [0, 0.05) is 17.2 Å². The summed E-state index contributed by atoms with van der Waals surface area (Å²) in [7, 11) is 0. The number of nitrogens with zero attached hydrogens (tertiary/aromatic N) is 2. The van der Waals surface area contributed by atoms with Crippen molar-refractivity contribution in [3.05, 3.63) is 39.7 Å². The average molecular weight is 279 g/mol. The summed E-state index contributed by atoms with van der Waals surface area (Å²) < 4.78 is 18.9. The zero-order valence-corrected chi connectivity index (χ0v) is 11.1. The molecule has 0 unspecified atom stereocenters. The third kappa shape index (κ3) is 2.61. The van der Waals surface area contributed by atoms with Gasteiger partial charge < -0.3 is 10.3 Å². The fourth-order valence-corrected chi connectivity index (χ4v) is 1.95. The Morgan fingerprint density at radius 3 is 2.75 bits per heavy atom. The molecule has 20 heavy (non-hydrogen) atoms. The van der Waals surface area contributed by atoms with Crippen LogP contribution in [0.2, 0.25) is 0 Å². The monoisotopic (exact) mass is 279 g/mol. The van der Waals surface area contributed by atoms with Gasteiger partial charge in [0.15, 0.2) is 0 Å². The van der Waals surface area contributed by atoms with E-state index in [1.54, 1.807) is 0 Å². The molecule has 2 aromatic rings.